The van der Waals surface area contributed by atoms with Gasteiger partial charge in [-0.1, -0.05) is 0 Å². The van der Waals surface area contributed by atoms with E-state index < -0.39 is 97.7 Å². The van der Waals surface area contributed by atoms with Crippen LogP contribution in [0.2, 0.25) is 0 Å². The number of benzene rings is 1. The summed E-state index contributed by atoms with van der Waals surface area (Å²) in [7, 11) is 0. The van der Waals surface area contributed by atoms with Gasteiger partial charge in [-0.3, -0.25) is 14.9 Å². The van der Waals surface area contributed by atoms with E-state index in [-0.39, 0.29) is 11.3 Å². The van der Waals surface area contributed by atoms with Gasteiger partial charge < -0.3 is 60.0 Å². The minimum Gasteiger partial charge on any atom is -0.462 e. The van der Waals surface area contributed by atoms with E-state index >= 15 is 0 Å². The van der Waals surface area contributed by atoms with Crippen LogP contribution in [0.4, 0.5) is 5.69 Å². The lowest BCUT2D eigenvalue weighted by Gasteiger charge is -2.42. The van der Waals surface area contributed by atoms with Crippen molar-refractivity contribution in [3.8, 4) is 5.75 Å². The summed E-state index contributed by atoms with van der Waals surface area (Å²) in [5.74, 6) is -0.656. The maximum Gasteiger partial charge on any atom is 0.275 e. The van der Waals surface area contributed by atoms with Gasteiger partial charge in [0, 0.05) is 13.0 Å². The van der Waals surface area contributed by atoms with Gasteiger partial charge in [0.05, 0.1) is 30.3 Å². The number of amides is 1. The van der Waals surface area contributed by atoms with Gasteiger partial charge in [0.25, 0.3) is 5.69 Å². The average Bonchev–Trinajstić information content (AvgIpc) is 2.86. The number of rotatable bonds is 9. The highest BCUT2D eigenvalue weighted by Gasteiger charge is 2.46. The maximum absolute atomic E-state index is 11.6. The molecule has 1 amide bonds. The van der Waals surface area contributed by atoms with E-state index in [2.05, 4.69) is 5.32 Å². The highest BCUT2D eigenvalue weighted by atomic mass is 16.7. The number of ether oxygens (including phenoxy) is 4. The molecule has 16 nitrogen and oxygen atoms in total. The first-order valence-electron chi connectivity index (χ1n) is 11.2. The van der Waals surface area contributed by atoms with E-state index in [4.69, 9.17) is 18.9 Å². The van der Waals surface area contributed by atoms with Crippen LogP contribution < -0.4 is 10.1 Å². The predicted molar refractivity (Wildman–Crippen MR) is 118 cm³/mol. The molecule has 8 N–H and O–H groups in total. The molecule has 3 rings (SSSR count). The fourth-order valence-corrected chi connectivity index (χ4v) is 4.01. The van der Waals surface area contributed by atoms with Crippen LogP contribution in [0, 0.1) is 10.1 Å². The van der Waals surface area contributed by atoms with Gasteiger partial charge >= 0.3 is 0 Å². The van der Waals surface area contributed by atoms with E-state index in [1.807, 2.05) is 0 Å². The molecule has 16 heteroatoms. The molecule has 0 aliphatic carbocycles. The third kappa shape index (κ3) is 6.50. The summed E-state index contributed by atoms with van der Waals surface area (Å²) in [4.78, 5) is 22.4. The Balaban J connectivity index is 1.80. The zero-order chi connectivity index (χ0) is 27.4. The SMILES string of the molecule is CC(=O)N[C@H]1[C@H](OCc2cc(O[C@@H]3O[C@H](CO)[C@H](O)[C@H](O)[C@H]3O)ccc2[N+](=O)[O-])O[C@H](CO)[C@@H](O)[C@@H]1O. The van der Waals surface area contributed by atoms with Crippen molar-refractivity contribution in [2.45, 2.75) is 74.9 Å². The largest absolute Gasteiger partial charge is 0.462 e. The van der Waals surface area contributed by atoms with Gasteiger partial charge in [-0.05, 0) is 12.1 Å². The van der Waals surface area contributed by atoms with Gasteiger partial charge in [-0.15, -0.1) is 0 Å². The molecule has 37 heavy (non-hydrogen) atoms. The smallest absolute Gasteiger partial charge is 0.275 e. The first kappa shape index (κ1) is 29.1. The minimum absolute atomic E-state index is 0.0693. The van der Waals surface area contributed by atoms with Gasteiger partial charge in [0.1, 0.15) is 54.5 Å². The second kappa shape index (κ2) is 12.4. The molecule has 208 valence electrons. The molecule has 0 aromatic heterocycles. The van der Waals surface area contributed by atoms with Crippen LogP contribution in [0.15, 0.2) is 18.2 Å². The van der Waals surface area contributed by atoms with Crippen molar-refractivity contribution in [2.24, 2.45) is 0 Å². The Kier molecular flexibility index (Phi) is 9.70. The molecule has 0 radical (unpaired) electrons. The van der Waals surface area contributed by atoms with Crippen molar-refractivity contribution in [1.29, 1.82) is 0 Å². The zero-order valence-electron chi connectivity index (χ0n) is 19.6. The van der Waals surface area contributed by atoms with Crippen LogP contribution >= 0.6 is 0 Å². The monoisotopic (exact) mass is 534 g/mol. The standard InChI is InChI=1S/C21H30N2O14/c1-8(26)22-14-17(29)15(27)12(5-24)36-20(14)34-7-9-4-10(2-3-11(9)23(32)33)35-21-19(31)18(30)16(28)13(6-25)37-21/h2-4,12-21,24-25,27-31H,5-7H2,1H3,(H,22,26)/t12-,13-,14-,15-,16+,17-,18+,19-,20-,21-/m1/s1. The molecular formula is C21H30N2O14. The Morgan fingerprint density at radius 1 is 0.973 bits per heavy atom. The maximum atomic E-state index is 11.6. The number of nitrogens with one attached hydrogen (secondary N) is 1. The van der Waals surface area contributed by atoms with Crippen molar-refractivity contribution < 1.29 is 64.4 Å². The highest BCUT2D eigenvalue weighted by molar-refractivity contribution is 5.73. The zero-order valence-corrected chi connectivity index (χ0v) is 19.6. The summed E-state index contributed by atoms with van der Waals surface area (Å²) in [5.41, 5.74) is -0.481. The normalized spacial score (nSPS) is 36.1. The molecule has 10 atom stereocenters. The summed E-state index contributed by atoms with van der Waals surface area (Å²) in [5, 5.41) is 83.1. The van der Waals surface area contributed by atoms with Crippen LogP contribution in [0.3, 0.4) is 0 Å². The van der Waals surface area contributed by atoms with Crippen LogP contribution in [-0.4, -0.2) is 121 Å². The van der Waals surface area contributed by atoms with E-state index in [1.165, 1.54) is 12.1 Å². The topological polar surface area (TPSA) is 251 Å². The fourth-order valence-electron chi connectivity index (χ4n) is 4.01. The molecule has 2 saturated heterocycles. The molecule has 1 aromatic carbocycles. The number of aliphatic hydroxyl groups excluding tert-OH is 7. The Labute approximate surface area is 209 Å². The number of nitro benzene ring substituents is 1. The van der Waals surface area contributed by atoms with Gasteiger partial charge in [0.15, 0.2) is 6.29 Å². The fraction of sp³-hybridized carbons (Fsp3) is 0.667. The molecular weight excluding hydrogens is 504 g/mol. The summed E-state index contributed by atoms with van der Waals surface area (Å²) in [6.45, 7) is -0.743. The van der Waals surface area contributed by atoms with Crippen molar-refractivity contribution in [2.75, 3.05) is 13.2 Å². The molecule has 2 fully saturated rings. The highest BCUT2D eigenvalue weighted by Crippen LogP contribution is 2.30. The number of hydrogen-bond acceptors (Lipinski definition) is 14. The quantitative estimate of drug-likeness (QED) is 0.112. The predicted octanol–water partition coefficient (Wildman–Crippen LogP) is -3.77. The first-order valence-corrected chi connectivity index (χ1v) is 11.2. The average molecular weight is 534 g/mol. The summed E-state index contributed by atoms with van der Waals surface area (Å²) in [6, 6.07) is 2.15. The molecule has 0 spiro atoms. The lowest BCUT2D eigenvalue weighted by Crippen LogP contribution is -2.64. The molecule has 0 saturated carbocycles. The van der Waals surface area contributed by atoms with E-state index in [0.717, 1.165) is 13.0 Å². The number of nitrogens with zero attached hydrogens (tertiary/aromatic N) is 1. The molecule has 0 bridgehead atoms. The van der Waals surface area contributed by atoms with Gasteiger partial charge in [-0.2, -0.15) is 0 Å². The molecule has 2 heterocycles. The third-order valence-corrected chi connectivity index (χ3v) is 6.00. The number of aliphatic hydroxyl groups is 7. The van der Waals surface area contributed by atoms with Crippen molar-refractivity contribution >= 4 is 11.6 Å². The lowest BCUT2D eigenvalue weighted by molar-refractivity contribution is -0.386. The molecule has 1 aromatic rings. The molecule has 0 unspecified atom stereocenters. The first-order chi connectivity index (χ1) is 17.5. The summed E-state index contributed by atoms with van der Waals surface area (Å²) in [6.07, 6.45) is -13.6. The van der Waals surface area contributed by atoms with Gasteiger partial charge in [0.2, 0.25) is 12.2 Å². The second-order valence-electron chi connectivity index (χ2n) is 8.61. The van der Waals surface area contributed by atoms with Gasteiger partial charge in [-0.25, -0.2) is 0 Å². The van der Waals surface area contributed by atoms with E-state index in [0.29, 0.717) is 0 Å². The minimum atomic E-state index is -1.72. The number of carbonyl (C=O) groups excluding carboxylic acids is 1. The van der Waals surface area contributed by atoms with Crippen LogP contribution in [0.5, 0.6) is 5.75 Å². The third-order valence-electron chi connectivity index (χ3n) is 6.00. The Morgan fingerprint density at radius 3 is 2.14 bits per heavy atom. The van der Waals surface area contributed by atoms with Crippen molar-refractivity contribution in [3.05, 3.63) is 33.9 Å². The van der Waals surface area contributed by atoms with Crippen LogP contribution in [0.25, 0.3) is 0 Å². The number of nitro groups is 1. The van der Waals surface area contributed by atoms with Crippen molar-refractivity contribution in [1.82, 2.24) is 5.32 Å². The van der Waals surface area contributed by atoms with E-state index in [9.17, 15) is 50.7 Å². The Morgan fingerprint density at radius 2 is 1.57 bits per heavy atom. The Bertz CT molecular complexity index is 948. The molecule has 2 aliphatic rings. The van der Waals surface area contributed by atoms with Crippen LogP contribution in [0.1, 0.15) is 12.5 Å². The summed E-state index contributed by atoms with van der Waals surface area (Å²) < 4.78 is 21.8. The number of hydrogen-bond donors (Lipinski definition) is 8. The van der Waals surface area contributed by atoms with Crippen molar-refractivity contribution in [3.63, 3.8) is 0 Å². The molecule has 2 aliphatic heterocycles. The number of carbonyl (C=O) groups is 1. The van der Waals surface area contributed by atoms with E-state index in [1.54, 1.807) is 0 Å². The lowest BCUT2D eigenvalue weighted by atomic mass is 9.97. The summed E-state index contributed by atoms with van der Waals surface area (Å²) >= 11 is 0. The van der Waals surface area contributed by atoms with Crippen LogP contribution in [-0.2, 0) is 25.6 Å². The second-order valence-corrected chi connectivity index (χ2v) is 8.61. The Hall–Kier alpha value is -2.51.